The molecule has 1 aromatic heterocycles. The van der Waals surface area contributed by atoms with E-state index in [4.69, 9.17) is 5.26 Å². The largest absolute Gasteiger partial charge is 0.380 e. The van der Waals surface area contributed by atoms with E-state index in [-0.39, 0.29) is 17.8 Å². The molecule has 1 aromatic carbocycles. The van der Waals surface area contributed by atoms with Gasteiger partial charge in [-0.05, 0) is 34.1 Å². The molecule has 0 aliphatic carbocycles. The number of aromatic nitrogens is 2. The van der Waals surface area contributed by atoms with E-state index in [2.05, 4.69) is 21.2 Å². The number of nitriles is 1. The SMILES string of the molecule is Cn1cc(CNc2ccc(C#N)cc2Br)c(=O)n(C)c1=O. The number of halogens is 1. The molecule has 6 nitrogen and oxygen atoms in total. The Morgan fingerprint density at radius 2 is 2.05 bits per heavy atom. The van der Waals surface area contributed by atoms with E-state index in [1.54, 1.807) is 25.2 Å². The van der Waals surface area contributed by atoms with Crippen LogP contribution in [0.1, 0.15) is 11.1 Å². The van der Waals surface area contributed by atoms with E-state index in [1.165, 1.54) is 17.8 Å². The lowest BCUT2D eigenvalue weighted by Crippen LogP contribution is -2.38. The van der Waals surface area contributed by atoms with Crippen molar-refractivity contribution in [3.63, 3.8) is 0 Å². The van der Waals surface area contributed by atoms with E-state index >= 15 is 0 Å². The van der Waals surface area contributed by atoms with Crippen molar-refractivity contribution in [1.82, 2.24) is 9.13 Å². The molecule has 0 saturated heterocycles. The highest BCUT2D eigenvalue weighted by molar-refractivity contribution is 9.10. The van der Waals surface area contributed by atoms with Crippen molar-refractivity contribution in [3.8, 4) is 6.07 Å². The van der Waals surface area contributed by atoms with E-state index in [1.807, 2.05) is 6.07 Å². The molecule has 0 spiro atoms. The molecule has 0 atom stereocenters. The van der Waals surface area contributed by atoms with Gasteiger partial charge in [-0.25, -0.2) is 4.79 Å². The summed E-state index contributed by atoms with van der Waals surface area (Å²) >= 11 is 3.37. The van der Waals surface area contributed by atoms with Gasteiger partial charge in [0.05, 0.1) is 17.2 Å². The third-order valence-electron chi connectivity index (χ3n) is 3.08. The first-order valence-corrected chi connectivity index (χ1v) is 6.92. The maximum atomic E-state index is 12.0. The maximum Gasteiger partial charge on any atom is 0.330 e. The van der Waals surface area contributed by atoms with Crippen LogP contribution in [0.3, 0.4) is 0 Å². The standard InChI is InChI=1S/C14H13BrN4O2/c1-18-8-10(13(20)19(2)14(18)21)7-17-12-4-3-9(6-16)5-11(12)15/h3-5,8,17H,7H2,1-2H3. The van der Waals surface area contributed by atoms with Crippen LogP contribution < -0.4 is 16.6 Å². The Kier molecular flexibility index (Phi) is 4.29. The Hall–Kier alpha value is -2.33. The van der Waals surface area contributed by atoms with Crippen LogP contribution in [-0.2, 0) is 20.6 Å². The summed E-state index contributed by atoms with van der Waals surface area (Å²) in [6.45, 7) is 0.283. The fraction of sp³-hybridized carbons (Fsp3) is 0.214. The highest BCUT2D eigenvalue weighted by Crippen LogP contribution is 2.23. The van der Waals surface area contributed by atoms with Crippen LogP contribution in [-0.4, -0.2) is 9.13 Å². The molecule has 1 heterocycles. The van der Waals surface area contributed by atoms with Crippen molar-refractivity contribution in [3.05, 3.63) is 60.8 Å². The number of rotatable bonds is 3. The fourth-order valence-corrected chi connectivity index (χ4v) is 2.44. The van der Waals surface area contributed by atoms with Crippen molar-refractivity contribution < 1.29 is 0 Å². The normalized spacial score (nSPS) is 10.2. The zero-order chi connectivity index (χ0) is 15.6. The fourth-order valence-electron chi connectivity index (χ4n) is 1.92. The Bertz CT molecular complexity index is 846. The summed E-state index contributed by atoms with van der Waals surface area (Å²) in [6, 6.07) is 7.19. The van der Waals surface area contributed by atoms with E-state index in [0.29, 0.717) is 11.1 Å². The molecular weight excluding hydrogens is 336 g/mol. The van der Waals surface area contributed by atoms with Gasteiger partial charge in [-0.15, -0.1) is 0 Å². The van der Waals surface area contributed by atoms with Crippen LogP contribution in [0.5, 0.6) is 0 Å². The molecule has 2 rings (SSSR count). The third-order valence-corrected chi connectivity index (χ3v) is 3.74. The van der Waals surface area contributed by atoms with Crippen LogP contribution in [0.25, 0.3) is 0 Å². The van der Waals surface area contributed by atoms with Crippen molar-refractivity contribution in [2.75, 3.05) is 5.32 Å². The van der Waals surface area contributed by atoms with Gasteiger partial charge in [-0.2, -0.15) is 5.26 Å². The van der Waals surface area contributed by atoms with Crippen LogP contribution in [0.15, 0.2) is 38.5 Å². The molecule has 21 heavy (non-hydrogen) atoms. The van der Waals surface area contributed by atoms with Gasteiger partial charge < -0.3 is 9.88 Å². The summed E-state index contributed by atoms with van der Waals surface area (Å²) in [5, 5.41) is 11.9. The average molecular weight is 349 g/mol. The molecule has 0 fully saturated rings. The molecule has 2 aromatic rings. The topological polar surface area (TPSA) is 79.8 Å². The number of anilines is 1. The Morgan fingerprint density at radius 1 is 1.33 bits per heavy atom. The number of aryl methyl sites for hydroxylation is 1. The highest BCUT2D eigenvalue weighted by Gasteiger charge is 2.07. The quantitative estimate of drug-likeness (QED) is 0.907. The van der Waals surface area contributed by atoms with Gasteiger partial charge in [-0.3, -0.25) is 9.36 Å². The minimum atomic E-state index is -0.358. The number of nitrogens with one attached hydrogen (secondary N) is 1. The van der Waals surface area contributed by atoms with Gasteiger partial charge in [0, 0.05) is 37.0 Å². The van der Waals surface area contributed by atoms with Crippen LogP contribution in [0.4, 0.5) is 5.69 Å². The van der Waals surface area contributed by atoms with Gasteiger partial charge in [0.2, 0.25) is 0 Å². The van der Waals surface area contributed by atoms with Gasteiger partial charge in [0.15, 0.2) is 0 Å². The highest BCUT2D eigenvalue weighted by atomic mass is 79.9. The Morgan fingerprint density at radius 3 is 2.67 bits per heavy atom. The van der Waals surface area contributed by atoms with E-state index < -0.39 is 0 Å². The molecule has 0 saturated carbocycles. The molecule has 1 N–H and O–H groups in total. The predicted molar refractivity (Wildman–Crippen MR) is 83.1 cm³/mol. The second-order valence-corrected chi connectivity index (χ2v) is 5.43. The molecule has 0 amide bonds. The molecule has 0 bridgehead atoms. The smallest absolute Gasteiger partial charge is 0.330 e. The van der Waals surface area contributed by atoms with Crippen LogP contribution in [0, 0.1) is 11.3 Å². The number of hydrogen-bond donors (Lipinski definition) is 1. The molecule has 108 valence electrons. The first-order valence-electron chi connectivity index (χ1n) is 6.13. The lowest BCUT2D eigenvalue weighted by atomic mass is 10.2. The molecule has 0 unspecified atom stereocenters. The lowest BCUT2D eigenvalue weighted by molar-refractivity contribution is 0.671. The van der Waals surface area contributed by atoms with Crippen molar-refractivity contribution in [2.45, 2.75) is 6.54 Å². The lowest BCUT2D eigenvalue weighted by Gasteiger charge is -2.10. The van der Waals surface area contributed by atoms with Gasteiger partial charge >= 0.3 is 5.69 Å². The van der Waals surface area contributed by atoms with Gasteiger partial charge in [-0.1, -0.05) is 0 Å². The second-order valence-electron chi connectivity index (χ2n) is 4.57. The summed E-state index contributed by atoms with van der Waals surface area (Å²) in [7, 11) is 3.05. The molecular formula is C14H13BrN4O2. The summed E-state index contributed by atoms with van der Waals surface area (Å²) in [5.41, 5.74) is 1.12. The van der Waals surface area contributed by atoms with Crippen molar-refractivity contribution >= 4 is 21.6 Å². The van der Waals surface area contributed by atoms with Crippen molar-refractivity contribution in [2.24, 2.45) is 14.1 Å². The van der Waals surface area contributed by atoms with Crippen molar-refractivity contribution in [1.29, 1.82) is 5.26 Å². The summed E-state index contributed by atoms with van der Waals surface area (Å²) < 4.78 is 3.18. The van der Waals surface area contributed by atoms with E-state index in [9.17, 15) is 9.59 Å². The van der Waals surface area contributed by atoms with Crippen LogP contribution >= 0.6 is 15.9 Å². The third kappa shape index (κ3) is 3.06. The zero-order valence-corrected chi connectivity index (χ0v) is 13.1. The number of nitrogens with zero attached hydrogens (tertiary/aromatic N) is 3. The van der Waals surface area contributed by atoms with Gasteiger partial charge in [0.1, 0.15) is 0 Å². The molecule has 0 aliphatic heterocycles. The molecule has 0 aliphatic rings. The average Bonchev–Trinajstić information content (AvgIpc) is 2.48. The number of hydrogen-bond acceptors (Lipinski definition) is 4. The Balaban J connectivity index is 2.27. The first-order chi connectivity index (χ1) is 9.93. The van der Waals surface area contributed by atoms with Crippen LogP contribution in [0.2, 0.25) is 0 Å². The predicted octanol–water partition coefficient (Wildman–Crippen LogP) is 1.33. The number of benzene rings is 1. The minimum Gasteiger partial charge on any atom is -0.380 e. The molecule has 0 radical (unpaired) electrons. The monoisotopic (exact) mass is 348 g/mol. The second kappa shape index (κ2) is 5.97. The van der Waals surface area contributed by atoms with E-state index in [0.717, 1.165) is 14.7 Å². The maximum absolute atomic E-state index is 12.0. The molecule has 7 heteroatoms. The summed E-state index contributed by atoms with van der Waals surface area (Å²) in [4.78, 5) is 23.6. The zero-order valence-electron chi connectivity index (χ0n) is 11.6. The minimum absolute atomic E-state index is 0.283. The first kappa shape index (κ1) is 15.1. The van der Waals surface area contributed by atoms with Gasteiger partial charge in [0.25, 0.3) is 5.56 Å². The summed E-state index contributed by atoms with van der Waals surface area (Å²) in [6.07, 6.45) is 1.52. The summed E-state index contributed by atoms with van der Waals surface area (Å²) in [5.74, 6) is 0. The Labute approximate surface area is 129 Å².